The number of anilines is 1. The number of ether oxygens (including phenoxy) is 1. The summed E-state index contributed by atoms with van der Waals surface area (Å²) in [6.07, 6.45) is 0. The zero-order chi connectivity index (χ0) is 19.4. The van der Waals surface area contributed by atoms with Crippen LogP contribution in [0.15, 0.2) is 41.1 Å². The predicted octanol–water partition coefficient (Wildman–Crippen LogP) is 3.42. The molecular weight excluding hydrogens is 410 g/mol. The van der Waals surface area contributed by atoms with Gasteiger partial charge in [0.05, 0.1) is 5.56 Å². The summed E-state index contributed by atoms with van der Waals surface area (Å²) in [4.78, 5) is 39.4. The normalized spacial score (nSPS) is 10.4. The summed E-state index contributed by atoms with van der Waals surface area (Å²) in [6, 6.07) is 8.54. The first kappa shape index (κ1) is 19.0. The Kier molecular flexibility index (Phi) is 5.84. The highest BCUT2D eigenvalue weighted by Gasteiger charge is 2.17. The van der Waals surface area contributed by atoms with Crippen molar-refractivity contribution < 1.29 is 19.1 Å². The second-order valence-electron chi connectivity index (χ2n) is 5.20. The number of nitrogens with one attached hydrogen (secondary N) is 1. The fourth-order valence-corrected chi connectivity index (χ4v) is 3.79. The van der Waals surface area contributed by atoms with E-state index in [4.69, 9.17) is 22.1 Å². The molecule has 2 amide bonds. The molecule has 0 spiro atoms. The van der Waals surface area contributed by atoms with Crippen LogP contribution in [-0.4, -0.2) is 29.4 Å². The minimum absolute atomic E-state index is 0.103. The van der Waals surface area contributed by atoms with Gasteiger partial charge in [-0.2, -0.15) is 0 Å². The lowest BCUT2D eigenvalue weighted by Gasteiger charge is -2.05. The van der Waals surface area contributed by atoms with Gasteiger partial charge in [0.25, 0.3) is 11.8 Å². The number of thiophene rings is 1. The van der Waals surface area contributed by atoms with Crippen LogP contribution in [0, 0.1) is 0 Å². The quantitative estimate of drug-likeness (QED) is 0.592. The molecule has 7 nitrogen and oxygen atoms in total. The zero-order valence-corrected chi connectivity index (χ0v) is 16.0. The fraction of sp³-hybridized carbons (Fsp3) is 0.0588. The molecule has 2 heterocycles. The largest absolute Gasteiger partial charge is 0.451 e. The zero-order valence-electron chi connectivity index (χ0n) is 13.6. The number of nitrogens with two attached hydrogens (primary N) is 1. The molecule has 0 aliphatic rings. The van der Waals surface area contributed by atoms with E-state index in [1.165, 1.54) is 17.4 Å². The molecule has 0 radical (unpaired) electrons. The molecule has 27 heavy (non-hydrogen) atoms. The van der Waals surface area contributed by atoms with Crippen LogP contribution < -0.4 is 11.1 Å². The van der Waals surface area contributed by atoms with E-state index in [0.29, 0.717) is 15.0 Å². The van der Waals surface area contributed by atoms with E-state index in [1.54, 1.807) is 35.0 Å². The summed E-state index contributed by atoms with van der Waals surface area (Å²) in [5.41, 5.74) is 6.33. The molecule has 0 saturated heterocycles. The maximum Gasteiger partial charge on any atom is 0.358 e. The Morgan fingerprint density at radius 1 is 1.15 bits per heavy atom. The van der Waals surface area contributed by atoms with Gasteiger partial charge < -0.3 is 15.8 Å². The van der Waals surface area contributed by atoms with Crippen molar-refractivity contribution in [3.05, 3.63) is 57.4 Å². The average Bonchev–Trinajstić information content (AvgIpc) is 3.30. The second kappa shape index (κ2) is 8.30. The van der Waals surface area contributed by atoms with E-state index < -0.39 is 24.4 Å². The molecule has 0 aliphatic carbocycles. The number of aromatic nitrogens is 1. The Balaban J connectivity index is 1.58. The number of carbonyl (C=O) groups excluding carboxylic acids is 3. The van der Waals surface area contributed by atoms with Gasteiger partial charge in [-0.25, -0.2) is 9.78 Å². The summed E-state index contributed by atoms with van der Waals surface area (Å²) in [5, 5.41) is 7.20. The molecule has 3 N–H and O–H groups in total. The number of hydrogen-bond donors (Lipinski definition) is 2. The smallest absolute Gasteiger partial charge is 0.358 e. The predicted molar refractivity (Wildman–Crippen MR) is 104 cm³/mol. The van der Waals surface area contributed by atoms with Crippen molar-refractivity contribution in [2.24, 2.45) is 5.73 Å². The van der Waals surface area contributed by atoms with Gasteiger partial charge >= 0.3 is 5.97 Å². The number of rotatable bonds is 6. The van der Waals surface area contributed by atoms with Gasteiger partial charge in [0.15, 0.2) is 12.3 Å². The standard InChI is InChI=1S/C17H12ClN3O4S2/c18-10-3-1-9(2-4-10)15-20-12(8-27-15)17(24)25-7-13(22)21-16-11(14(19)23)5-6-26-16/h1-6,8H,7H2,(H2,19,23)(H,21,22). The van der Waals surface area contributed by atoms with Crippen molar-refractivity contribution >= 4 is 57.1 Å². The average molecular weight is 422 g/mol. The number of amides is 2. The van der Waals surface area contributed by atoms with Crippen molar-refractivity contribution in [3.8, 4) is 10.6 Å². The molecule has 0 saturated carbocycles. The maximum atomic E-state index is 12.1. The lowest BCUT2D eigenvalue weighted by Crippen LogP contribution is -2.22. The summed E-state index contributed by atoms with van der Waals surface area (Å²) in [6.45, 7) is -0.511. The lowest BCUT2D eigenvalue weighted by molar-refractivity contribution is -0.119. The number of carbonyl (C=O) groups is 3. The first-order valence-electron chi connectivity index (χ1n) is 7.50. The molecular formula is C17H12ClN3O4S2. The summed E-state index contributed by atoms with van der Waals surface area (Å²) in [5.74, 6) is -1.95. The lowest BCUT2D eigenvalue weighted by atomic mass is 10.2. The third kappa shape index (κ3) is 4.70. The molecule has 10 heteroatoms. The van der Waals surface area contributed by atoms with E-state index in [0.717, 1.165) is 16.9 Å². The number of hydrogen-bond acceptors (Lipinski definition) is 7. The molecule has 0 unspecified atom stereocenters. The number of nitrogens with zero attached hydrogens (tertiary/aromatic N) is 1. The van der Waals surface area contributed by atoms with Gasteiger partial charge in [0.2, 0.25) is 0 Å². The number of benzene rings is 1. The molecule has 1 aromatic carbocycles. The molecule has 3 rings (SSSR count). The van der Waals surface area contributed by atoms with E-state index in [-0.39, 0.29) is 11.3 Å². The van der Waals surface area contributed by atoms with Crippen molar-refractivity contribution in [3.63, 3.8) is 0 Å². The van der Waals surface area contributed by atoms with E-state index in [9.17, 15) is 14.4 Å². The van der Waals surface area contributed by atoms with Gasteiger partial charge in [-0.1, -0.05) is 23.7 Å². The summed E-state index contributed by atoms with van der Waals surface area (Å²) < 4.78 is 4.97. The van der Waals surface area contributed by atoms with Crippen LogP contribution in [-0.2, 0) is 9.53 Å². The van der Waals surface area contributed by atoms with E-state index in [2.05, 4.69) is 10.3 Å². The van der Waals surface area contributed by atoms with Crippen molar-refractivity contribution in [2.45, 2.75) is 0 Å². The molecule has 0 bridgehead atoms. The van der Waals surface area contributed by atoms with E-state index >= 15 is 0 Å². The highest BCUT2D eigenvalue weighted by atomic mass is 35.5. The summed E-state index contributed by atoms with van der Waals surface area (Å²) in [7, 11) is 0. The van der Waals surface area contributed by atoms with Crippen LogP contribution in [0.25, 0.3) is 10.6 Å². The topological polar surface area (TPSA) is 111 Å². The molecule has 0 aliphatic heterocycles. The monoisotopic (exact) mass is 421 g/mol. The Morgan fingerprint density at radius 3 is 2.59 bits per heavy atom. The Morgan fingerprint density at radius 2 is 1.89 bits per heavy atom. The molecule has 3 aromatic rings. The number of primary amides is 1. The highest BCUT2D eigenvalue weighted by Crippen LogP contribution is 2.25. The van der Waals surface area contributed by atoms with Gasteiger partial charge in [-0.15, -0.1) is 22.7 Å². The first-order chi connectivity index (χ1) is 12.9. The number of thiazole rings is 1. The maximum absolute atomic E-state index is 12.1. The molecule has 2 aromatic heterocycles. The Hall–Kier alpha value is -2.75. The third-order valence-corrected chi connectivity index (χ3v) is 5.30. The molecule has 138 valence electrons. The summed E-state index contributed by atoms with van der Waals surface area (Å²) >= 11 is 8.27. The fourth-order valence-electron chi connectivity index (χ4n) is 2.06. The highest BCUT2D eigenvalue weighted by molar-refractivity contribution is 7.14. The van der Waals surface area contributed by atoms with Crippen molar-refractivity contribution in [2.75, 3.05) is 11.9 Å². The molecule has 0 fully saturated rings. The number of esters is 1. The van der Waals surface area contributed by atoms with Crippen LogP contribution in [0.5, 0.6) is 0 Å². The van der Waals surface area contributed by atoms with Crippen LogP contribution in [0.4, 0.5) is 5.00 Å². The van der Waals surface area contributed by atoms with Crippen LogP contribution in [0.1, 0.15) is 20.8 Å². The SMILES string of the molecule is NC(=O)c1ccsc1NC(=O)COC(=O)c1csc(-c2ccc(Cl)cc2)n1. The second-order valence-corrected chi connectivity index (χ2v) is 7.41. The minimum atomic E-state index is -0.720. The van der Waals surface area contributed by atoms with Gasteiger partial charge in [-0.3, -0.25) is 9.59 Å². The van der Waals surface area contributed by atoms with Gasteiger partial charge in [0.1, 0.15) is 10.0 Å². The number of halogens is 1. The van der Waals surface area contributed by atoms with Crippen LogP contribution in [0.3, 0.4) is 0 Å². The van der Waals surface area contributed by atoms with Crippen LogP contribution in [0.2, 0.25) is 5.02 Å². The first-order valence-corrected chi connectivity index (χ1v) is 9.63. The minimum Gasteiger partial charge on any atom is -0.451 e. The van der Waals surface area contributed by atoms with Crippen molar-refractivity contribution in [1.82, 2.24) is 4.98 Å². The Bertz CT molecular complexity index is 998. The Labute approximate surface area is 166 Å². The van der Waals surface area contributed by atoms with Crippen LogP contribution >= 0.6 is 34.3 Å². The van der Waals surface area contributed by atoms with Gasteiger partial charge in [0, 0.05) is 16.0 Å². The van der Waals surface area contributed by atoms with E-state index in [1.807, 2.05) is 0 Å². The van der Waals surface area contributed by atoms with Crippen molar-refractivity contribution in [1.29, 1.82) is 0 Å². The van der Waals surface area contributed by atoms with Gasteiger partial charge in [-0.05, 0) is 23.6 Å². The molecule has 0 atom stereocenters. The third-order valence-electron chi connectivity index (χ3n) is 3.32.